The van der Waals surface area contributed by atoms with E-state index in [0.29, 0.717) is 12.0 Å². The molecule has 1 fully saturated rings. The van der Waals surface area contributed by atoms with Gasteiger partial charge >= 0.3 is 0 Å². The second-order valence-electron chi connectivity index (χ2n) is 4.96. The molecule has 2 unspecified atom stereocenters. The average molecular weight is 218 g/mol. The number of nitrogens with zero attached hydrogens (tertiary/aromatic N) is 1. The highest BCUT2D eigenvalue weighted by Gasteiger charge is 2.25. The molecule has 16 heavy (non-hydrogen) atoms. The first-order chi connectivity index (χ1) is 7.69. The summed E-state index contributed by atoms with van der Waals surface area (Å²) in [6.45, 7) is 7.69. The van der Waals surface area contributed by atoms with Crippen LogP contribution in [0.1, 0.15) is 30.4 Å². The summed E-state index contributed by atoms with van der Waals surface area (Å²) >= 11 is 0. The van der Waals surface area contributed by atoms with Gasteiger partial charge in [-0.05, 0) is 31.4 Å². The smallest absolute Gasteiger partial charge is 0.0174 e. The van der Waals surface area contributed by atoms with Gasteiger partial charge < -0.3 is 10.6 Å². The molecule has 0 spiro atoms. The van der Waals surface area contributed by atoms with Crippen molar-refractivity contribution in [3.63, 3.8) is 0 Å². The summed E-state index contributed by atoms with van der Waals surface area (Å²) in [4.78, 5) is 2.46. The molecule has 1 aliphatic rings. The van der Waals surface area contributed by atoms with Crippen LogP contribution >= 0.6 is 0 Å². The second-order valence-corrected chi connectivity index (χ2v) is 4.96. The lowest BCUT2D eigenvalue weighted by Gasteiger charge is -2.36. The minimum atomic E-state index is 0.333. The fourth-order valence-corrected chi connectivity index (χ4v) is 2.66. The number of rotatable bonds is 2. The monoisotopic (exact) mass is 218 g/mol. The summed E-state index contributed by atoms with van der Waals surface area (Å²) in [6.07, 6.45) is 1.12. The summed E-state index contributed by atoms with van der Waals surface area (Å²) in [6, 6.07) is 9.18. The Morgan fingerprint density at radius 1 is 1.38 bits per heavy atom. The maximum absolute atomic E-state index is 6.12. The van der Waals surface area contributed by atoms with Crippen LogP contribution in [0.25, 0.3) is 0 Å². The Balaban J connectivity index is 2.14. The van der Waals surface area contributed by atoms with Crippen LogP contribution in [0.15, 0.2) is 24.3 Å². The maximum atomic E-state index is 6.12. The summed E-state index contributed by atoms with van der Waals surface area (Å²) < 4.78 is 0. The fraction of sp³-hybridized carbons (Fsp3) is 0.571. The standard InChI is InChI=1S/C14H22N2/c1-3-16-9-13(8-14(15)10-16)12-6-4-5-11(2)7-12/h4-7,13-14H,3,8-10,15H2,1-2H3. The van der Waals surface area contributed by atoms with Gasteiger partial charge in [0.25, 0.3) is 0 Å². The number of aryl methyl sites for hydroxylation is 1. The van der Waals surface area contributed by atoms with Gasteiger partial charge in [-0.1, -0.05) is 36.8 Å². The van der Waals surface area contributed by atoms with Gasteiger partial charge in [-0.2, -0.15) is 0 Å². The highest BCUT2D eigenvalue weighted by molar-refractivity contribution is 5.26. The van der Waals surface area contributed by atoms with Gasteiger partial charge in [0.15, 0.2) is 0 Å². The van der Waals surface area contributed by atoms with E-state index < -0.39 is 0 Å². The largest absolute Gasteiger partial charge is 0.327 e. The topological polar surface area (TPSA) is 29.3 Å². The highest BCUT2D eigenvalue weighted by atomic mass is 15.1. The Morgan fingerprint density at radius 3 is 2.88 bits per heavy atom. The summed E-state index contributed by atoms with van der Waals surface area (Å²) in [5.74, 6) is 0.614. The van der Waals surface area contributed by atoms with Gasteiger partial charge in [-0.25, -0.2) is 0 Å². The van der Waals surface area contributed by atoms with Crippen LogP contribution in [0.3, 0.4) is 0 Å². The number of likely N-dealkylation sites (N-methyl/N-ethyl adjacent to an activating group) is 1. The predicted octanol–water partition coefficient (Wildman–Crippen LogP) is 2.13. The van der Waals surface area contributed by atoms with Crippen LogP contribution in [0.5, 0.6) is 0 Å². The van der Waals surface area contributed by atoms with E-state index in [9.17, 15) is 0 Å². The Kier molecular flexibility index (Phi) is 3.62. The number of hydrogen-bond acceptors (Lipinski definition) is 2. The van der Waals surface area contributed by atoms with Crippen molar-refractivity contribution in [3.8, 4) is 0 Å². The molecule has 0 saturated carbocycles. The molecule has 2 N–H and O–H groups in total. The highest BCUT2D eigenvalue weighted by Crippen LogP contribution is 2.26. The zero-order valence-corrected chi connectivity index (χ0v) is 10.3. The van der Waals surface area contributed by atoms with E-state index in [1.807, 2.05) is 0 Å². The van der Waals surface area contributed by atoms with E-state index in [4.69, 9.17) is 5.73 Å². The van der Waals surface area contributed by atoms with Crippen molar-refractivity contribution in [1.29, 1.82) is 0 Å². The van der Waals surface area contributed by atoms with E-state index in [-0.39, 0.29) is 0 Å². The summed E-state index contributed by atoms with van der Waals surface area (Å²) in [5, 5.41) is 0. The van der Waals surface area contributed by atoms with Crippen LogP contribution < -0.4 is 5.73 Å². The molecule has 2 atom stereocenters. The van der Waals surface area contributed by atoms with Crippen LogP contribution in [-0.2, 0) is 0 Å². The first-order valence-corrected chi connectivity index (χ1v) is 6.23. The Labute approximate surface area is 98.4 Å². The third-order valence-electron chi connectivity index (χ3n) is 3.52. The lowest BCUT2D eigenvalue weighted by atomic mass is 9.88. The molecule has 0 aromatic heterocycles. The minimum Gasteiger partial charge on any atom is -0.327 e. The number of nitrogens with two attached hydrogens (primary N) is 1. The average Bonchev–Trinajstić information content (AvgIpc) is 2.28. The number of hydrogen-bond donors (Lipinski definition) is 1. The van der Waals surface area contributed by atoms with Crippen molar-refractivity contribution >= 4 is 0 Å². The molecule has 2 nitrogen and oxygen atoms in total. The molecule has 0 aliphatic carbocycles. The Bertz CT molecular complexity index is 348. The third kappa shape index (κ3) is 2.63. The first kappa shape index (κ1) is 11.6. The molecule has 2 heteroatoms. The zero-order valence-electron chi connectivity index (χ0n) is 10.3. The Morgan fingerprint density at radius 2 is 2.19 bits per heavy atom. The van der Waals surface area contributed by atoms with Crippen LogP contribution in [0.2, 0.25) is 0 Å². The van der Waals surface area contributed by atoms with Crippen molar-refractivity contribution < 1.29 is 0 Å². The third-order valence-corrected chi connectivity index (χ3v) is 3.52. The van der Waals surface area contributed by atoms with Gasteiger partial charge in [0.2, 0.25) is 0 Å². The molecule has 1 heterocycles. The first-order valence-electron chi connectivity index (χ1n) is 6.23. The normalized spacial score (nSPS) is 26.9. The van der Waals surface area contributed by atoms with Gasteiger partial charge in [-0.15, -0.1) is 0 Å². The lowest BCUT2D eigenvalue weighted by Crippen LogP contribution is -2.45. The molecule has 1 aromatic rings. The second kappa shape index (κ2) is 4.98. The van der Waals surface area contributed by atoms with E-state index in [1.165, 1.54) is 11.1 Å². The predicted molar refractivity (Wildman–Crippen MR) is 68.6 cm³/mol. The van der Waals surface area contributed by atoms with Gasteiger partial charge in [0.05, 0.1) is 0 Å². The minimum absolute atomic E-state index is 0.333. The number of likely N-dealkylation sites (tertiary alicyclic amines) is 1. The van der Waals surface area contributed by atoms with Crippen molar-refractivity contribution in [2.45, 2.75) is 32.2 Å². The SMILES string of the molecule is CCN1CC(N)CC(c2cccc(C)c2)C1. The molecule has 1 saturated heterocycles. The van der Waals surface area contributed by atoms with E-state index in [2.05, 4.69) is 43.0 Å². The molecular formula is C14H22N2. The van der Waals surface area contributed by atoms with E-state index in [1.54, 1.807) is 0 Å². The number of piperidine rings is 1. The Hall–Kier alpha value is -0.860. The van der Waals surface area contributed by atoms with Gasteiger partial charge in [0.1, 0.15) is 0 Å². The maximum Gasteiger partial charge on any atom is 0.0174 e. The molecule has 1 aromatic carbocycles. The van der Waals surface area contributed by atoms with Crippen LogP contribution in [0, 0.1) is 6.92 Å². The van der Waals surface area contributed by atoms with Gasteiger partial charge in [0, 0.05) is 19.1 Å². The van der Waals surface area contributed by atoms with Crippen molar-refractivity contribution in [3.05, 3.63) is 35.4 Å². The van der Waals surface area contributed by atoms with E-state index >= 15 is 0 Å². The molecule has 0 bridgehead atoms. The van der Waals surface area contributed by atoms with E-state index in [0.717, 1.165) is 26.1 Å². The molecule has 88 valence electrons. The van der Waals surface area contributed by atoms with Crippen LogP contribution in [-0.4, -0.2) is 30.6 Å². The molecular weight excluding hydrogens is 196 g/mol. The lowest BCUT2D eigenvalue weighted by molar-refractivity contribution is 0.197. The fourth-order valence-electron chi connectivity index (χ4n) is 2.66. The molecule has 0 radical (unpaired) electrons. The van der Waals surface area contributed by atoms with Crippen molar-refractivity contribution in [2.75, 3.05) is 19.6 Å². The summed E-state index contributed by atoms with van der Waals surface area (Å²) in [5.41, 5.74) is 8.92. The van der Waals surface area contributed by atoms with Gasteiger partial charge in [-0.3, -0.25) is 0 Å². The molecule has 2 rings (SSSR count). The zero-order chi connectivity index (χ0) is 11.5. The van der Waals surface area contributed by atoms with Crippen LogP contribution in [0.4, 0.5) is 0 Å². The molecule has 1 aliphatic heterocycles. The quantitative estimate of drug-likeness (QED) is 0.824. The van der Waals surface area contributed by atoms with Crippen molar-refractivity contribution in [1.82, 2.24) is 4.90 Å². The molecule has 0 amide bonds. The number of benzene rings is 1. The summed E-state index contributed by atoms with van der Waals surface area (Å²) in [7, 11) is 0. The van der Waals surface area contributed by atoms with Crippen molar-refractivity contribution in [2.24, 2.45) is 5.73 Å².